The normalized spacial score (nSPS) is 11.2. The Morgan fingerprint density at radius 3 is 2.81 bits per heavy atom. The molecule has 2 aromatic rings. The monoisotopic (exact) mass is 466 g/mol. The minimum Gasteiger partial charge on any atom is -0.497 e. The van der Waals surface area contributed by atoms with Crippen LogP contribution in [0.1, 0.15) is 18.2 Å². The molecule has 170 valence electrons. The number of rotatable bonds is 12. The van der Waals surface area contributed by atoms with Crippen LogP contribution in [0.4, 0.5) is 0 Å². The number of aromatic nitrogens is 2. The van der Waals surface area contributed by atoms with Gasteiger partial charge in [0, 0.05) is 26.7 Å². The smallest absolute Gasteiger partial charge is 0.228 e. The molecule has 8 nitrogen and oxygen atoms in total. The third kappa shape index (κ3) is 6.78. The molecule has 0 aliphatic rings. The van der Waals surface area contributed by atoms with Gasteiger partial charge in [0.2, 0.25) is 15.0 Å². The second kappa shape index (κ2) is 11.8. The van der Waals surface area contributed by atoms with Crippen molar-refractivity contribution in [2.45, 2.75) is 30.9 Å². The Morgan fingerprint density at radius 2 is 2.16 bits per heavy atom. The van der Waals surface area contributed by atoms with Crippen LogP contribution in [0.15, 0.2) is 48.3 Å². The van der Waals surface area contributed by atoms with Gasteiger partial charge in [0.1, 0.15) is 5.75 Å². The van der Waals surface area contributed by atoms with Gasteiger partial charge in [-0.05, 0) is 36.8 Å². The van der Waals surface area contributed by atoms with E-state index in [0.29, 0.717) is 49.2 Å². The number of methoxy groups -OCH3 is 2. The van der Waals surface area contributed by atoms with Crippen LogP contribution in [0.25, 0.3) is 0 Å². The summed E-state index contributed by atoms with van der Waals surface area (Å²) in [6, 6.07) is 7.00. The fourth-order valence-corrected chi connectivity index (χ4v) is 4.86. The van der Waals surface area contributed by atoms with E-state index in [1.165, 1.54) is 0 Å². The largest absolute Gasteiger partial charge is 0.497 e. The molecule has 31 heavy (non-hydrogen) atoms. The number of nitrogens with one attached hydrogen (secondary N) is 1. The number of nitrogens with zero attached hydrogens (tertiary/aromatic N) is 3. The van der Waals surface area contributed by atoms with Gasteiger partial charge < -0.3 is 24.3 Å². The summed E-state index contributed by atoms with van der Waals surface area (Å²) in [5.41, 5.74) is 1.35. The second-order valence-corrected chi connectivity index (χ2v) is 9.06. The standard InChI is InChI=1S/C21H30N4O4S2/c1-5-10-24(20(30)22-6-2)15-18-14-23-21(25(18)11-12-28-3)31(26,27)16-17-8-7-9-19(13-17)29-4/h5,7-9,13-14H,1,6,10-12,15-16H2,2-4H3,(H,22,30). The summed E-state index contributed by atoms with van der Waals surface area (Å²) in [6.07, 6.45) is 3.33. The number of imidazole rings is 1. The molecular weight excluding hydrogens is 436 g/mol. The van der Waals surface area contributed by atoms with Crippen LogP contribution >= 0.6 is 12.2 Å². The van der Waals surface area contributed by atoms with Crippen molar-refractivity contribution in [2.75, 3.05) is 33.9 Å². The van der Waals surface area contributed by atoms with E-state index < -0.39 is 9.84 Å². The molecule has 0 bridgehead atoms. The average molecular weight is 467 g/mol. The summed E-state index contributed by atoms with van der Waals surface area (Å²) in [6.45, 7) is 8.06. The van der Waals surface area contributed by atoms with Crippen LogP contribution in [0, 0.1) is 0 Å². The maximum Gasteiger partial charge on any atom is 0.228 e. The SMILES string of the molecule is C=CCN(Cc1cnc(S(=O)(=O)Cc2cccc(OC)c2)n1CCOC)C(=S)NCC. The Hall–Kier alpha value is -2.43. The molecule has 0 saturated heterocycles. The molecule has 0 amide bonds. The van der Waals surface area contributed by atoms with Gasteiger partial charge in [-0.2, -0.15) is 0 Å². The first kappa shape index (κ1) is 24.8. The van der Waals surface area contributed by atoms with Crippen LogP contribution in [0.5, 0.6) is 5.75 Å². The Kier molecular flexibility index (Phi) is 9.47. The van der Waals surface area contributed by atoms with Gasteiger partial charge in [0.05, 0.1) is 37.9 Å². The van der Waals surface area contributed by atoms with Crippen molar-refractivity contribution in [1.82, 2.24) is 19.8 Å². The molecule has 0 unspecified atom stereocenters. The topological polar surface area (TPSA) is 85.7 Å². The van der Waals surface area contributed by atoms with Crippen LogP contribution in [-0.4, -0.2) is 61.9 Å². The fourth-order valence-electron chi connectivity index (χ4n) is 3.07. The Balaban J connectivity index is 2.37. The summed E-state index contributed by atoms with van der Waals surface area (Å²) in [5, 5.41) is 3.70. The van der Waals surface area contributed by atoms with E-state index in [1.807, 2.05) is 11.8 Å². The summed E-state index contributed by atoms with van der Waals surface area (Å²) >= 11 is 5.44. The molecular formula is C21H30N4O4S2. The molecule has 0 aliphatic heterocycles. The van der Waals surface area contributed by atoms with Crippen LogP contribution in [-0.2, 0) is 33.4 Å². The lowest BCUT2D eigenvalue weighted by Crippen LogP contribution is -2.39. The van der Waals surface area contributed by atoms with Crippen molar-refractivity contribution < 1.29 is 17.9 Å². The predicted molar refractivity (Wildman–Crippen MR) is 125 cm³/mol. The highest BCUT2D eigenvalue weighted by Crippen LogP contribution is 2.21. The lowest BCUT2D eigenvalue weighted by atomic mass is 10.2. The van der Waals surface area contributed by atoms with E-state index in [9.17, 15) is 8.42 Å². The van der Waals surface area contributed by atoms with E-state index in [2.05, 4.69) is 16.9 Å². The van der Waals surface area contributed by atoms with Gasteiger partial charge in [-0.25, -0.2) is 13.4 Å². The van der Waals surface area contributed by atoms with Crippen molar-refractivity contribution >= 4 is 27.2 Å². The molecule has 1 heterocycles. The van der Waals surface area contributed by atoms with Gasteiger partial charge in [0.15, 0.2) is 5.11 Å². The number of hydrogen-bond acceptors (Lipinski definition) is 6. The summed E-state index contributed by atoms with van der Waals surface area (Å²) in [7, 11) is -0.583. The summed E-state index contributed by atoms with van der Waals surface area (Å²) in [4.78, 5) is 6.18. The molecule has 0 fully saturated rings. The molecule has 2 rings (SSSR count). The fraction of sp³-hybridized carbons (Fsp3) is 0.429. The average Bonchev–Trinajstić information content (AvgIpc) is 3.15. The summed E-state index contributed by atoms with van der Waals surface area (Å²) < 4.78 is 38.5. The first-order chi connectivity index (χ1) is 14.9. The van der Waals surface area contributed by atoms with Crippen LogP contribution in [0.3, 0.4) is 0 Å². The highest BCUT2D eigenvalue weighted by Gasteiger charge is 2.25. The minimum absolute atomic E-state index is 0.00953. The molecule has 0 saturated carbocycles. The second-order valence-electron chi connectivity index (χ2n) is 6.79. The van der Waals surface area contributed by atoms with Gasteiger partial charge in [0.25, 0.3) is 0 Å². The zero-order valence-electron chi connectivity index (χ0n) is 18.2. The zero-order valence-corrected chi connectivity index (χ0v) is 19.8. The zero-order chi connectivity index (χ0) is 22.9. The first-order valence-corrected chi connectivity index (χ1v) is 11.9. The lowest BCUT2D eigenvalue weighted by Gasteiger charge is -2.25. The number of benzene rings is 1. The molecule has 0 spiro atoms. The molecule has 1 N–H and O–H groups in total. The number of thiocarbonyl (C=S) groups is 1. The van der Waals surface area contributed by atoms with Gasteiger partial charge in [-0.1, -0.05) is 18.2 Å². The quantitative estimate of drug-likeness (QED) is 0.377. The van der Waals surface area contributed by atoms with Crippen LogP contribution in [0.2, 0.25) is 0 Å². The highest BCUT2D eigenvalue weighted by molar-refractivity contribution is 7.90. The first-order valence-electron chi connectivity index (χ1n) is 9.89. The molecule has 1 aromatic heterocycles. The molecule has 0 radical (unpaired) electrons. The maximum absolute atomic E-state index is 13.2. The number of hydrogen-bond donors (Lipinski definition) is 1. The predicted octanol–water partition coefficient (Wildman–Crippen LogP) is 2.39. The van der Waals surface area contributed by atoms with Crippen molar-refractivity contribution in [1.29, 1.82) is 0 Å². The van der Waals surface area contributed by atoms with E-state index in [0.717, 1.165) is 5.69 Å². The highest BCUT2D eigenvalue weighted by atomic mass is 32.2. The molecule has 10 heteroatoms. The Morgan fingerprint density at radius 1 is 1.39 bits per heavy atom. The van der Waals surface area contributed by atoms with E-state index >= 15 is 0 Å². The third-order valence-electron chi connectivity index (χ3n) is 4.51. The lowest BCUT2D eigenvalue weighted by molar-refractivity contribution is 0.183. The maximum atomic E-state index is 13.2. The van der Waals surface area contributed by atoms with E-state index in [4.69, 9.17) is 21.7 Å². The van der Waals surface area contributed by atoms with Gasteiger partial charge in [-0.3, -0.25) is 0 Å². The van der Waals surface area contributed by atoms with Crippen molar-refractivity contribution in [3.8, 4) is 5.75 Å². The minimum atomic E-state index is -3.70. The van der Waals surface area contributed by atoms with Crippen molar-refractivity contribution in [2.24, 2.45) is 0 Å². The summed E-state index contributed by atoms with van der Waals surface area (Å²) in [5.74, 6) is 0.424. The van der Waals surface area contributed by atoms with Crippen molar-refractivity contribution in [3.05, 3.63) is 54.4 Å². The van der Waals surface area contributed by atoms with Gasteiger partial charge >= 0.3 is 0 Å². The Labute approximate surface area is 189 Å². The van der Waals surface area contributed by atoms with Gasteiger partial charge in [-0.15, -0.1) is 6.58 Å². The van der Waals surface area contributed by atoms with E-state index in [1.54, 1.807) is 55.3 Å². The molecule has 1 aromatic carbocycles. The molecule has 0 atom stereocenters. The third-order valence-corrected chi connectivity index (χ3v) is 6.51. The van der Waals surface area contributed by atoms with Crippen LogP contribution < -0.4 is 10.1 Å². The number of ether oxygens (including phenoxy) is 2. The van der Waals surface area contributed by atoms with Crippen molar-refractivity contribution in [3.63, 3.8) is 0 Å². The Bertz CT molecular complexity index is 989. The van der Waals surface area contributed by atoms with E-state index in [-0.39, 0.29) is 10.9 Å². The number of sulfone groups is 1. The molecule has 0 aliphatic carbocycles.